The number of carbonyl (C=O) groups is 1. The van der Waals surface area contributed by atoms with E-state index in [1.165, 1.54) is 0 Å². The third-order valence-electron chi connectivity index (χ3n) is 0.839. The minimum Gasteiger partial charge on any atom is -0.462 e. The molecule has 0 aromatic carbocycles. The Morgan fingerprint density at radius 3 is 2.64 bits per heavy atom. The number of alkyl halides is 2. The summed E-state index contributed by atoms with van der Waals surface area (Å²) in [6.07, 6.45) is 0. The molecule has 0 rings (SSSR count). The summed E-state index contributed by atoms with van der Waals surface area (Å²) in [5.74, 6) is -0.354. The van der Waals surface area contributed by atoms with Gasteiger partial charge in [0.05, 0.1) is 6.61 Å². The van der Waals surface area contributed by atoms with Gasteiger partial charge in [-0.1, -0.05) is 18.7 Å². The molecular formula is C6H10BrFO2S. The lowest BCUT2D eigenvalue weighted by Gasteiger charge is -2.13. The van der Waals surface area contributed by atoms with Crippen LogP contribution in [0.2, 0.25) is 0 Å². The van der Waals surface area contributed by atoms with Crippen LogP contribution in [0.3, 0.4) is 0 Å². The van der Waals surface area contributed by atoms with E-state index in [0.717, 1.165) is 11.8 Å². The van der Waals surface area contributed by atoms with Crippen molar-refractivity contribution in [1.29, 1.82) is 0 Å². The molecule has 1 atom stereocenters. The molecule has 2 nitrogen and oxygen atoms in total. The zero-order valence-corrected chi connectivity index (χ0v) is 8.80. The second-order valence-corrected chi connectivity index (χ2v) is 4.72. The van der Waals surface area contributed by atoms with Gasteiger partial charge in [-0.05, 0) is 28.6 Å². The van der Waals surface area contributed by atoms with E-state index >= 15 is 0 Å². The quantitative estimate of drug-likeness (QED) is 0.561. The molecule has 0 spiro atoms. The summed E-state index contributed by atoms with van der Waals surface area (Å²) in [4.78, 5) is 10.8. The predicted molar refractivity (Wildman–Crippen MR) is 47.5 cm³/mol. The summed E-state index contributed by atoms with van der Waals surface area (Å²) in [6.45, 7) is 3.59. The van der Waals surface area contributed by atoms with Crippen LogP contribution in [0.25, 0.3) is 0 Å². The number of ether oxygens (including phenoxy) is 1. The average molecular weight is 245 g/mol. The zero-order valence-electron chi connectivity index (χ0n) is 6.39. The highest BCUT2D eigenvalue weighted by Gasteiger charge is 2.37. The summed E-state index contributed by atoms with van der Waals surface area (Å²) in [6, 6.07) is 0. The summed E-state index contributed by atoms with van der Waals surface area (Å²) < 4.78 is 15.5. The Morgan fingerprint density at radius 2 is 2.27 bits per heavy atom. The van der Waals surface area contributed by atoms with E-state index in [0.29, 0.717) is 5.75 Å². The fourth-order valence-corrected chi connectivity index (χ4v) is 1.80. The number of thioether (sulfide) groups is 1. The maximum Gasteiger partial charge on any atom is 0.366 e. The lowest BCUT2D eigenvalue weighted by molar-refractivity contribution is -0.146. The highest BCUT2D eigenvalue weighted by Crippen LogP contribution is 2.34. The van der Waals surface area contributed by atoms with E-state index in [-0.39, 0.29) is 6.61 Å². The second kappa shape index (κ2) is 4.98. The highest BCUT2D eigenvalue weighted by molar-refractivity contribution is 9.12. The number of hydrogen-bond acceptors (Lipinski definition) is 3. The van der Waals surface area contributed by atoms with Crippen molar-refractivity contribution >= 4 is 33.7 Å². The van der Waals surface area contributed by atoms with Crippen LogP contribution in [0.4, 0.5) is 4.39 Å². The monoisotopic (exact) mass is 244 g/mol. The van der Waals surface area contributed by atoms with Gasteiger partial charge in [-0.25, -0.2) is 9.18 Å². The van der Waals surface area contributed by atoms with Crippen molar-refractivity contribution in [2.24, 2.45) is 0 Å². The van der Waals surface area contributed by atoms with Crippen LogP contribution in [0.1, 0.15) is 13.8 Å². The van der Waals surface area contributed by atoms with Crippen LogP contribution < -0.4 is 0 Å². The molecule has 1 unspecified atom stereocenters. The molecule has 66 valence electrons. The van der Waals surface area contributed by atoms with Gasteiger partial charge in [-0.15, -0.1) is 0 Å². The highest BCUT2D eigenvalue weighted by atomic mass is 79.9. The van der Waals surface area contributed by atoms with Crippen LogP contribution in [-0.4, -0.2) is 22.2 Å². The first-order valence-electron chi connectivity index (χ1n) is 3.23. The maximum atomic E-state index is 13.1. The largest absolute Gasteiger partial charge is 0.462 e. The third-order valence-corrected chi connectivity index (χ3v) is 2.67. The Kier molecular flexibility index (Phi) is 5.08. The number of esters is 1. The minimum absolute atomic E-state index is 0.195. The fourth-order valence-electron chi connectivity index (χ4n) is 0.455. The summed E-state index contributed by atoms with van der Waals surface area (Å²) in [5, 5.41) is 0. The standard InChI is InChI=1S/C6H10BrFO2S/c1-3-10-5(9)6(7,8)11-4-2/h3-4H2,1-2H3. The molecule has 0 radical (unpaired) electrons. The fraction of sp³-hybridized carbons (Fsp3) is 0.833. The Bertz CT molecular complexity index is 141. The van der Waals surface area contributed by atoms with E-state index in [1.54, 1.807) is 13.8 Å². The molecule has 0 bridgehead atoms. The molecule has 0 saturated heterocycles. The Morgan fingerprint density at radius 1 is 1.73 bits per heavy atom. The van der Waals surface area contributed by atoms with Gasteiger partial charge in [0.15, 0.2) is 0 Å². The van der Waals surface area contributed by atoms with Crippen LogP contribution in [-0.2, 0) is 9.53 Å². The molecule has 0 aliphatic heterocycles. The van der Waals surface area contributed by atoms with Gasteiger partial charge in [0, 0.05) is 0 Å². The number of rotatable bonds is 4. The lowest BCUT2D eigenvalue weighted by Crippen LogP contribution is -2.25. The van der Waals surface area contributed by atoms with Crippen LogP contribution in [0, 0.1) is 0 Å². The number of halogens is 2. The van der Waals surface area contributed by atoms with Crippen molar-refractivity contribution < 1.29 is 13.9 Å². The van der Waals surface area contributed by atoms with Crippen LogP contribution in [0.5, 0.6) is 0 Å². The second-order valence-electron chi connectivity index (χ2n) is 1.67. The van der Waals surface area contributed by atoms with Gasteiger partial charge in [0.2, 0.25) is 0 Å². The Balaban J connectivity index is 3.94. The van der Waals surface area contributed by atoms with Gasteiger partial charge in [-0.3, -0.25) is 0 Å². The SMILES string of the molecule is CCOC(=O)C(F)(Br)SCC. The van der Waals surface area contributed by atoms with E-state index in [4.69, 9.17) is 0 Å². The topological polar surface area (TPSA) is 26.3 Å². The number of carbonyl (C=O) groups excluding carboxylic acids is 1. The molecule has 0 amide bonds. The first-order chi connectivity index (χ1) is 5.04. The zero-order chi connectivity index (χ0) is 8.91. The van der Waals surface area contributed by atoms with E-state index < -0.39 is 9.88 Å². The molecule has 11 heavy (non-hydrogen) atoms. The van der Waals surface area contributed by atoms with E-state index in [2.05, 4.69) is 20.7 Å². The molecule has 0 N–H and O–H groups in total. The summed E-state index contributed by atoms with van der Waals surface area (Å²) in [7, 11) is 0. The van der Waals surface area contributed by atoms with E-state index in [1.807, 2.05) is 0 Å². The smallest absolute Gasteiger partial charge is 0.366 e. The van der Waals surface area contributed by atoms with Gasteiger partial charge < -0.3 is 4.74 Å². The van der Waals surface area contributed by atoms with Crippen molar-refractivity contribution in [2.75, 3.05) is 12.4 Å². The molecular weight excluding hydrogens is 235 g/mol. The van der Waals surface area contributed by atoms with E-state index in [9.17, 15) is 9.18 Å². The maximum absolute atomic E-state index is 13.1. The molecule has 0 aliphatic carbocycles. The molecule has 0 fully saturated rings. The predicted octanol–water partition coefficient (Wildman–Crippen LogP) is 2.32. The molecule has 0 aliphatic rings. The van der Waals surface area contributed by atoms with Crippen LogP contribution in [0.15, 0.2) is 0 Å². The average Bonchev–Trinajstić information content (AvgIpc) is 1.88. The Labute approximate surface area is 78.0 Å². The molecule has 0 heterocycles. The lowest BCUT2D eigenvalue weighted by atomic mass is 10.7. The molecule has 0 aromatic heterocycles. The minimum atomic E-state index is -2.07. The van der Waals surface area contributed by atoms with Crippen LogP contribution >= 0.6 is 27.7 Å². The van der Waals surface area contributed by atoms with Crippen molar-refractivity contribution in [2.45, 2.75) is 17.8 Å². The first-order valence-corrected chi connectivity index (χ1v) is 5.01. The van der Waals surface area contributed by atoms with Gasteiger partial charge in [0.1, 0.15) is 0 Å². The number of hydrogen-bond donors (Lipinski definition) is 0. The van der Waals surface area contributed by atoms with Crippen molar-refractivity contribution in [3.05, 3.63) is 0 Å². The van der Waals surface area contributed by atoms with Crippen molar-refractivity contribution in [3.63, 3.8) is 0 Å². The van der Waals surface area contributed by atoms with Gasteiger partial charge in [-0.2, -0.15) is 0 Å². The normalized spacial score (nSPS) is 15.6. The first kappa shape index (κ1) is 11.2. The summed E-state index contributed by atoms with van der Waals surface area (Å²) >= 11 is 3.49. The van der Waals surface area contributed by atoms with Gasteiger partial charge >= 0.3 is 9.88 Å². The van der Waals surface area contributed by atoms with Gasteiger partial charge in [0.25, 0.3) is 0 Å². The Hall–Kier alpha value is 0.230. The molecule has 0 aromatic rings. The van der Waals surface area contributed by atoms with Crippen molar-refractivity contribution in [3.8, 4) is 0 Å². The summed E-state index contributed by atoms with van der Waals surface area (Å²) in [5.41, 5.74) is 0. The molecule has 5 heteroatoms. The van der Waals surface area contributed by atoms with Crippen molar-refractivity contribution in [1.82, 2.24) is 0 Å². The third kappa shape index (κ3) is 3.96. The molecule has 0 saturated carbocycles.